The van der Waals surface area contributed by atoms with Crippen LogP contribution in [0.3, 0.4) is 0 Å². The summed E-state index contributed by atoms with van der Waals surface area (Å²) in [5, 5.41) is 3.76. The number of hydrogen-bond acceptors (Lipinski definition) is 6. The normalized spacial score (nSPS) is 19.1. The minimum absolute atomic E-state index is 0.00951. The van der Waals surface area contributed by atoms with Crippen LogP contribution in [0.1, 0.15) is 16.4 Å². The second kappa shape index (κ2) is 7.85. The fourth-order valence-electron chi connectivity index (χ4n) is 4.04. The molecule has 0 saturated carbocycles. The molecule has 3 heterocycles. The molecule has 5 rings (SSSR count). The lowest BCUT2D eigenvalue weighted by Gasteiger charge is -2.36. The first-order chi connectivity index (χ1) is 14.6. The minimum Gasteiger partial charge on any atom is -0.497 e. The highest BCUT2D eigenvalue weighted by molar-refractivity contribution is 7.99. The number of para-hydroxylation sites is 1. The molecule has 2 aliphatic heterocycles. The second-order valence-electron chi connectivity index (χ2n) is 7.30. The Kier molecular flexibility index (Phi) is 5.04. The zero-order valence-electron chi connectivity index (χ0n) is 16.3. The largest absolute Gasteiger partial charge is 0.497 e. The van der Waals surface area contributed by atoms with Crippen molar-refractivity contribution in [2.75, 3.05) is 24.8 Å². The van der Waals surface area contributed by atoms with Gasteiger partial charge in [-0.05, 0) is 18.2 Å². The van der Waals surface area contributed by atoms with E-state index in [1.165, 1.54) is 11.3 Å². The number of carbonyl (C=O) groups excluding carboxylic acids is 1. The molecule has 0 aliphatic carbocycles. The van der Waals surface area contributed by atoms with E-state index < -0.39 is 0 Å². The van der Waals surface area contributed by atoms with Gasteiger partial charge in [-0.1, -0.05) is 35.6 Å². The lowest BCUT2D eigenvalue weighted by Crippen LogP contribution is -2.31. The van der Waals surface area contributed by atoms with Gasteiger partial charge in [0, 0.05) is 39.8 Å². The Hall–Kier alpha value is -2.71. The molecule has 1 aromatic heterocycles. The Labute approximate surface area is 181 Å². The van der Waals surface area contributed by atoms with Gasteiger partial charge in [-0.15, -0.1) is 11.8 Å². The van der Waals surface area contributed by atoms with E-state index >= 15 is 0 Å². The zero-order valence-corrected chi connectivity index (χ0v) is 17.9. The van der Waals surface area contributed by atoms with Crippen molar-refractivity contribution in [1.82, 2.24) is 4.57 Å². The summed E-state index contributed by atoms with van der Waals surface area (Å²) in [4.78, 5) is 26.4. The maximum absolute atomic E-state index is 12.8. The van der Waals surface area contributed by atoms with Crippen LogP contribution in [0.2, 0.25) is 0 Å². The third kappa shape index (κ3) is 3.40. The molecule has 8 heteroatoms. The first-order valence-electron chi connectivity index (χ1n) is 9.66. The van der Waals surface area contributed by atoms with E-state index in [2.05, 4.69) is 11.4 Å². The Morgan fingerprint density at radius 1 is 1.27 bits per heavy atom. The fraction of sp³-hybridized carbons (Fsp3) is 0.273. The molecule has 6 nitrogen and oxygen atoms in total. The van der Waals surface area contributed by atoms with Gasteiger partial charge in [-0.3, -0.25) is 14.2 Å². The van der Waals surface area contributed by atoms with Gasteiger partial charge in [0.05, 0.1) is 18.7 Å². The number of methoxy groups -OCH3 is 1. The van der Waals surface area contributed by atoms with Gasteiger partial charge in [0.2, 0.25) is 5.91 Å². The topological polar surface area (TPSA) is 69.6 Å². The quantitative estimate of drug-likeness (QED) is 0.668. The number of rotatable bonds is 4. The van der Waals surface area contributed by atoms with Crippen molar-refractivity contribution in [3.05, 3.63) is 68.6 Å². The molecule has 2 atom stereocenters. The summed E-state index contributed by atoms with van der Waals surface area (Å²) >= 11 is 2.90. The van der Waals surface area contributed by atoms with Gasteiger partial charge in [-0.2, -0.15) is 0 Å². The number of ether oxygens (including phenoxy) is 2. The molecule has 0 radical (unpaired) electrons. The highest BCUT2D eigenvalue weighted by Crippen LogP contribution is 2.50. The van der Waals surface area contributed by atoms with E-state index in [4.69, 9.17) is 9.47 Å². The number of amides is 1. The molecule has 2 aliphatic rings. The molecular formula is C22H20N2O4S2. The van der Waals surface area contributed by atoms with Crippen molar-refractivity contribution in [3.63, 3.8) is 0 Å². The van der Waals surface area contributed by atoms with Crippen molar-refractivity contribution >= 4 is 34.7 Å². The molecule has 1 N–H and O–H groups in total. The molecule has 154 valence electrons. The van der Waals surface area contributed by atoms with Gasteiger partial charge >= 0.3 is 4.87 Å². The Balaban J connectivity index is 1.43. The summed E-state index contributed by atoms with van der Waals surface area (Å²) in [7, 11) is 1.58. The van der Waals surface area contributed by atoms with Crippen LogP contribution in [0.5, 0.6) is 11.5 Å². The molecule has 0 saturated heterocycles. The smallest absolute Gasteiger partial charge is 0.308 e. The molecule has 3 aromatic rings. The van der Waals surface area contributed by atoms with Crippen LogP contribution in [0.15, 0.2) is 58.4 Å². The van der Waals surface area contributed by atoms with Crippen LogP contribution in [-0.4, -0.2) is 29.9 Å². The van der Waals surface area contributed by atoms with E-state index in [1.807, 2.05) is 30.3 Å². The summed E-state index contributed by atoms with van der Waals surface area (Å²) in [6.07, 6.45) is 0. The lowest BCUT2D eigenvalue weighted by molar-refractivity contribution is -0.116. The maximum atomic E-state index is 12.8. The summed E-state index contributed by atoms with van der Waals surface area (Å²) in [5.41, 5.74) is 1.77. The number of nitrogens with one attached hydrogen (secondary N) is 1. The monoisotopic (exact) mass is 440 g/mol. The molecule has 0 bridgehead atoms. The molecule has 2 aromatic carbocycles. The van der Waals surface area contributed by atoms with Crippen molar-refractivity contribution in [2.24, 2.45) is 5.92 Å². The third-order valence-electron chi connectivity index (χ3n) is 5.42. The van der Waals surface area contributed by atoms with E-state index in [-0.39, 0.29) is 23.2 Å². The van der Waals surface area contributed by atoms with Crippen molar-refractivity contribution in [1.29, 1.82) is 0 Å². The van der Waals surface area contributed by atoms with Gasteiger partial charge in [0.15, 0.2) is 0 Å². The van der Waals surface area contributed by atoms with Crippen LogP contribution in [0.25, 0.3) is 0 Å². The number of hydrogen-bond donors (Lipinski definition) is 1. The predicted octanol–water partition coefficient (Wildman–Crippen LogP) is 3.80. The van der Waals surface area contributed by atoms with Crippen molar-refractivity contribution < 1.29 is 14.3 Å². The van der Waals surface area contributed by atoms with E-state index in [0.717, 1.165) is 27.0 Å². The van der Waals surface area contributed by atoms with E-state index in [9.17, 15) is 9.59 Å². The number of nitrogens with zero attached hydrogens (tertiary/aromatic N) is 1. The third-order valence-corrected chi connectivity index (χ3v) is 7.92. The maximum Gasteiger partial charge on any atom is 0.308 e. The highest BCUT2D eigenvalue weighted by Gasteiger charge is 2.39. The number of carbonyl (C=O) groups is 1. The molecule has 30 heavy (non-hydrogen) atoms. The summed E-state index contributed by atoms with van der Waals surface area (Å²) < 4.78 is 12.7. The molecule has 0 unspecified atom stereocenters. The van der Waals surface area contributed by atoms with Crippen molar-refractivity contribution in [3.8, 4) is 11.5 Å². The van der Waals surface area contributed by atoms with Crippen LogP contribution in [0, 0.1) is 5.92 Å². The first kappa shape index (κ1) is 19.3. The van der Waals surface area contributed by atoms with Gasteiger partial charge in [0.1, 0.15) is 18.0 Å². The van der Waals surface area contributed by atoms with Crippen LogP contribution < -0.4 is 19.7 Å². The summed E-state index contributed by atoms with van der Waals surface area (Å²) in [5.74, 6) is 2.65. The summed E-state index contributed by atoms with van der Waals surface area (Å²) in [6.45, 7) is 0.640. The summed E-state index contributed by atoms with van der Waals surface area (Å²) in [6, 6.07) is 15.2. The Bertz CT molecular complexity index is 1170. The number of thioether (sulfide) groups is 1. The predicted molar refractivity (Wildman–Crippen MR) is 118 cm³/mol. The lowest BCUT2D eigenvalue weighted by atomic mass is 9.84. The molecule has 1 amide bonds. The molecule has 0 fully saturated rings. The average molecular weight is 441 g/mol. The standard InChI is InChI=1S/C22H20N2O4S2/c1-27-15-6-4-5-14(9-15)23-18(25)10-24-21-20(30-22(24)26)19-13(12-29-21)11-28-17-8-3-2-7-16(17)19/h2-9,13,19H,10-12H2,1H3,(H,23,25)/t13-,19+/m1/s1. The van der Waals surface area contributed by atoms with Gasteiger partial charge < -0.3 is 14.8 Å². The Morgan fingerprint density at radius 2 is 2.13 bits per heavy atom. The number of thiazole rings is 1. The van der Waals surface area contributed by atoms with Gasteiger partial charge in [-0.25, -0.2) is 0 Å². The highest BCUT2D eigenvalue weighted by atomic mass is 32.2. The van der Waals surface area contributed by atoms with Crippen LogP contribution in [0.4, 0.5) is 5.69 Å². The van der Waals surface area contributed by atoms with Crippen LogP contribution >= 0.6 is 23.1 Å². The SMILES string of the molecule is COc1cccc(NC(=O)Cn2c3c(sc2=O)[C@@H]2c4ccccc4OC[C@@H]2CS3)c1. The van der Waals surface area contributed by atoms with Crippen LogP contribution in [-0.2, 0) is 11.3 Å². The molecule has 0 spiro atoms. The first-order valence-corrected chi connectivity index (χ1v) is 11.5. The Morgan fingerprint density at radius 3 is 3.00 bits per heavy atom. The van der Waals surface area contributed by atoms with Gasteiger partial charge in [0.25, 0.3) is 0 Å². The number of anilines is 1. The number of benzene rings is 2. The zero-order chi connectivity index (χ0) is 20.7. The van der Waals surface area contributed by atoms with Crippen molar-refractivity contribution in [2.45, 2.75) is 17.5 Å². The second-order valence-corrected chi connectivity index (χ2v) is 9.30. The minimum atomic E-state index is -0.235. The van der Waals surface area contributed by atoms with E-state index in [1.54, 1.807) is 35.6 Å². The fourth-order valence-corrected chi connectivity index (χ4v) is 6.73. The molecular weight excluding hydrogens is 420 g/mol. The average Bonchev–Trinajstić information content (AvgIpc) is 3.08. The number of fused-ring (bicyclic) bond motifs is 5. The number of aromatic nitrogens is 1. The van der Waals surface area contributed by atoms with E-state index in [0.29, 0.717) is 24.0 Å².